The van der Waals surface area contributed by atoms with E-state index in [1.807, 2.05) is 6.07 Å². The van der Waals surface area contributed by atoms with Gasteiger partial charge in [-0.2, -0.15) is 10.4 Å². The van der Waals surface area contributed by atoms with Crippen LogP contribution in [0.1, 0.15) is 5.56 Å². The van der Waals surface area contributed by atoms with Crippen molar-refractivity contribution in [2.75, 3.05) is 17.7 Å². The summed E-state index contributed by atoms with van der Waals surface area (Å²) in [6, 6.07) is 8.35. The smallest absolute Gasteiger partial charge is 0.324 e. The molecule has 19 heavy (non-hydrogen) atoms. The van der Waals surface area contributed by atoms with Gasteiger partial charge in [-0.05, 0) is 12.1 Å². The van der Waals surface area contributed by atoms with Gasteiger partial charge < -0.3 is 10.1 Å². The highest BCUT2D eigenvalue weighted by molar-refractivity contribution is 5.99. The van der Waals surface area contributed by atoms with Crippen LogP contribution in [0.2, 0.25) is 0 Å². The van der Waals surface area contributed by atoms with Crippen LogP contribution in [0.5, 0.6) is 5.75 Å². The average molecular weight is 257 g/mol. The van der Waals surface area contributed by atoms with Crippen LogP contribution in [0.3, 0.4) is 0 Å². The summed E-state index contributed by atoms with van der Waals surface area (Å²) in [7, 11) is 1.54. The van der Waals surface area contributed by atoms with Gasteiger partial charge in [0.15, 0.2) is 0 Å². The maximum absolute atomic E-state index is 11.7. The summed E-state index contributed by atoms with van der Waals surface area (Å²) in [4.78, 5) is 11.7. The Morgan fingerprint density at radius 2 is 2.32 bits per heavy atom. The Labute approximate surface area is 109 Å². The molecule has 0 unspecified atom stereocenters. The van der Waals surface area contributed by atoms with Crippen molar-refractivity contribution in [2.24, 2.45) is 0 Å². The van der Waals surface area contributed by atoms with E-state index in [-0.39, 0.29) is 11.4 Å². The summed E-state index contributed by atoms with van der Waals surface area (Å²) in [5.74, 6) is 0.889. The van der Waals surface area contributed by atoms with Gasteiger partial charge in [-0.15, -0.1) is 0 Å². The number of benzene rings is 1. The van der Waals surface area contributed by atoms with Crippen LogP contribution in [-0.2, 0) is 0 Å². The number of carbonyl (C=O) groups is 1. The SMILES string of the molecule is COc1cccc(NC(=O)Nc2[nH]ncc2C#N)c1. The molecule has 0 fully saturated rings. The zero-order valence-electron chi connectivity index (χ0n) is 10.1. The molecule has 0 saturated heterocycles. The van der Waals surface area contributed by atoms with E-state index in [9.17, 15) is 4.79 Å². The lowest BCUT2D eigenvalue weighted by atomic mass is 10.3. The summed E-state index contributed by atoms with van der Waals surface area (Å²) < 4.78 is 5.05. The van der Waals surface area contributed by atoms with Crippen LogP contribution < -0.4 is 15.4 Å². The van der Waals surface area contributed by atoms with Gasteiger partial charge in [-0.1, -0.05) is 6.07 Å². The monoisotopic (exact) mass is 257 g/mol. The zero-order chi connectivity index (χ0) is 13.7. The maximum Gasteiger partial charge on any atom is 0.324 e. The highest BCUT2D eigenvalue weighted by Crippen LogP contribution is 2.17. The number of nitrogens with one attached hydrogen (secondary N) is 3. The second-order valence-corrected chi connectivity index (χ2v) is 3.58. The molecule has 1 aromatic carbocycles. The van der Waals surface area contributed by atoms with Crippen molar-refractivity contribution < 1.29 is 9.53 Å². The number of anilines is 2. The number of rotatable bonds is 3. The van der Waals surface area contributed by atoms with E-state index in [0.717, 1.165) is 0 Å². The normalized spacial score (nSPS) is 9.47. The third-order valence-electron chi connectivity index (χ3n) is 2.33. The fourth-order valence-electron chi connectivity index (χ4n) is 1.44. The Kier molecular flexibility index (Phi) is 3.64. The molecule has 0 aliphatic rings. The molecule has 1 aromatic heterocycles. The van der Waals surface area contributed by atoms with E-state index in [1.165, 1.54) is 6.20 Å². The molecular formula is C12H11N5O2. The third-order valence-corrected chi connectivity index (χ3v) is 2.33. The summed E-state index contributed by atoms with van der Waals surface area (Å²) in [6.45, 7) is 0. The lowest BCUT2D eigenvalue weighted by Crippen LogP contribution is -2.20. The molecule has 0 radical (unpaired) electrons. The number of urea groups is 1. The lowest BCUT2D eigenvalue weighted by Gasteiger charge is -2.07. The van der Waals surface area contributed by atoms with E-state index in [0.29, 0.717) is 11.4 Å². The number of carbonyl (C=O) groups excluding carboxylic acids is 1. The minimum Gasteiger partial charge on any atom is -0.497 e. The van der Waals surface area contributed by atoms with Crippen LogP contribution in [0, 0.1) is 11.3 Å². The lowest BCUT2D eigenvalue weighted by molar-refractivity contribution is 0.262. The van der Waals surface area contributed by atoms with Crippen molar-refractivity contribution in [1.82, 2.24) is 10.2 Å². The first kappa shape index (κ1) is 12.4. The first-order chi connectivity index (χ1) is 9.22. The van der Waals surface area contributed by atoms with Gasteiger partial charge in [0.1, 0.15) is 23.2 Å². The molecule has 3 N–H and O–H groups in total. The van der Waals surface area contributed by atoms with Crippen molar-refractivity contribution in [3.05, 3.63) is 36.0 Å². The van der Waals surface area contributed by atoms with E-state index in [1.54, 1.807) is 31.4 Å². The van der Waals surface area contributed by atoms with Gasteiger partial charge in [-0.3, -0.25) is 10.4 Å². The van der Waals surface area contributed by atoms with Crippen LogP contribution in [0.25, 0.3) is 0 Å². The quantitative estimate of drug-likeness (QED) is 0.781. The van der Waals surface area contributed by atoms with E-state index in [2.05, 4.69) is 20.8 Å². The van der Waals surface area contributed by atoms with Gasteiger partial charge in [0.2, 0.25) is 0 Å². The van der Waals surface area contributed by atoms with E-state index < -0.39 is 6.03 Å². The minimum atomic E-state index is -0.478. The molecule has 2 rings (SSSR count). The number of H-pyrrole nitrogens is 1. The summed E-state index contributed by atoms with van der Waals surface area (Å²) in [6.07, 6.45) is 1.33. The Bertz CT molecular complexity index is 629. The van der Waals surface area contributed by atoms with Crippen LogP contribution >= 0.6 is 0 Å². The van der Waals surface area contributed by atoms with Crippen LogP contribution in [0.15, 0.2) is 30.5 Å². The summed E-state index contributed by atoms with van der Waals surface area (Å²) in [5, 5.41) is 20.1. The van der Waals surface area contributed by atoms with Crippen molar-refractivity contribution in [2.45, 2.75) is 0 Å². The van der Waals surface area contributed by atoms with Gasteiger partial charge in [0, 0.05) is 11.8 Å². The number of nitriles is 1. The summed E-state index contributed by atoms with van der Waals surface area (Å²) >= 11 is 0. The number of aromatic amines is 1. The molecule has 7 heteroatoms. The fourth-order valence-corrected chi connectivity index (χ4v) is 1.44. The Morgan fingerprint density at radius 3 is 3.05 bits per heavy atom. The van der Waals surface area contributed by atoms with Gasteiger partial charge in [0.05, 0.1) is 13.3 Å². The molecule has 0 atom stereocenters. The van der Waals surface area contributed by atoms with Crippen molar-refractivity contribution in [1.29, 1.82) is 5.26 Å². The largest absolute Gasteiger partial charge is 0.497 e. The first-order valence-corrected chi connectivity index (χ1v) is 5.38. The highest BCUT2D eigenvalue weighted by Gasteiger charge is 2.08. The van der Waals surface area contributed by atoms with Gasteiger partial charge >= 0.3 is 6.03 Å². The second-order valence-electron chi connectivity index (χ2n) is 3.58. The summed E-state index contributed by atoms with van der Waals surface area (Å²) in [5.41, 5.74) is 0.843. The molecule has 1 heterocycles. The molecule has 0 spiro atoms. The van der Waals surface area contributed by atoms with Crippen molar-refractivity contribution in [3.63, 3.8) is 0 Å². The standard InChI is InChI=1S/C12H11N5O2/c1-19-10-4-2-3-9(5-10)15-12(18)16-11-8(6-13)7-14-17-11/h2-5,7H,1H3,(H3,14,15,16,17,18). The molecule has 2 amide bonds. The number of hydrogen-bond donors (Lipinski definition) is 3. The molecule has 2 aromatic rings. The van der Waals surface area contributed by atoms with E-state index >= 15 is 0 Å². The molecule has 0 bridgehead atoms. The predicted octanol–water partition coefficient (Wildman–Crippen LogP) is 1.93. The fraction of sp³-hybridized carbons (Fsp3) is 0.0833. The average Bonchev–Trinajstić information content (AvgIpc) is 2.86. The number of hydrogen-bond acceptors (Lipinski definition) is 4. The number of ether oxygens (including phenoxy) is 1. The number of aromatic nitrogens is 2. The van der Waals surface area contributed by atoms with E-state index in [4.69, 9.17) is 10.00 Å². The predicted molar refractivity (Wildman–Crippen MR) is 68.9 cm³/mol. The number of methoxy groups -OCH3 is 1. The first-order valence-electron chi connectivity index (χ1n) is 5.38. The molecule has 96 valence electrons. The van der Waals surface area contributed by atoms with Crippen molar-refractivity contribution in [3.8, 4) is 11.8 Å². The zero-order valence-corrected chi connectivity index (χ0v) is 10.1. The molecule has 0 aliphatic carbocycles. The second kappa shape index (κ2) is 5.55. The van der Waals surface area contributed by atoms with Crippen LogP contribution in [0.4, 0.5) is 16.3 Å². The third kappa shape index (κ3) is 3.01. The Balaban J connectivity index is 2.03. The van der Waals surface area contributed by atoms with Crippen molar-refractivity contribution >= 4 is 17.5 Å². The van der Waals surface area contributed by atoms with Gasteiger partial charge in [0.25, 0.3) is 0 Å². The highest BCUT2D eigenvalue weighted by atomic mass is 16.5. The Morgan fingerprint density at radius 1 is 1.47 bits per heavy atom. The topological polar surface area (TPSA) is 103 Å². The Hall–Kier alpha value is -3.01. The molecular weight excluding hydrogens is 246 g/mol. The number of amides is 2. The maximum atomic E-state index is 11.7. The van der Waals surface area contributed by atoms with Gasteiger partial charge in [-0.25, -0.2) is 4.79 Å². The molecule has 7 nitrogen and oxygen atoms in total. The number of nitrogens with zero attached hydrogens (tertiary/aromatic N) is 2. The minimum absolute atomic E-state index is 0.253. The molecule has 0 saturated carbocycles. The molecule has 0 aliphatic heterocycles. The van der Waals surface area contributed by atoms with Crippen LogP contribution in [-0.4, -0.2) is 23.3 Å².